The van der Waals surface area contributed by atoms with E-state index in [2.05, 4.69) is 0 Å². The first-order valence-corrected chi connectivity index (χ1v) is 6.10. The number of aryl methyl sites for hydroxylation is 1. The molecule has 0 heterocycles. The van der Waals surface area contributed by atoms with Crippen molar-refractivity contribution in [3.8, 4) is 0 Å². The molecule has 0 bridgehead atoms. The molecule has 3 heteroatoms. The Labute approximate surface area is 112 Å². The van der Waals surface area contributed by atoms with Crippen molar-refractivity contribution in [2.45, 2.75) is 13.8 Å². The van der Waals surface area contributed by atoms with Crippen LogP contribution < -0.4 is 4.90 Å². The van der Waals surface area contributed by atoms with E-state index in [1.807, 2.05) is 43.1 Å². The lowest BCUT2D eigenvalue weighted by atomic mass is 10.1. The largest absolute Gasteiger partial charge is 0.344 e. The van der Waals surface area contributed by atoms with Gasteiger partial charge in [-0.1, -0.05) is 23.8 Å². The molecule has 0 saturated carbocycles. The highest BCUT2D eigenvalue weighted by molar-refractivity contribution is 6.00. The number of benzene rings is 2. The summed E-state index contributed by atoms with van der Waals surface area (Å²) in [5.41, 5.74) is 2.78. The monoisotopic (exact) mass is 257 g/mol. The Bertz CT molecular complexity index is 605. The van der Waals surface area contributed by atoms with Crippen molar-refractivity contribution in [3.63, 3.8) is 0 Å². The number of rotatable bonds is 3. The number of carbonyl (C=O) groups is 1. The topological polar surface area (TPSA) is 20.3 Å². The molecule has 19 heavy (non-hydrogen) atoms. The van der Waals surface area contributed by atoms with Crippen LogP contribution in [0.1, 0.15) is 22.8 Å². The second kappa shape index (κ2) is 5.22. The third kappa shape index (κ3) is 2.65. The second-order valence-corrected chi connectivity index (χ2v) is 4.58. The minimum atomic E-state index is -0.482. The van der Waals surface area contributed by atoms with E-state index in [1.54, 1.807) is 12.1 Å². The van der Waals surface area contributed by atoms with Crippen LogP contribution in [0, 0.1) is 12.7 Å². The van der Waals surface area contributed by atoms with E-state index in [-0.39, 0.29) is 11.3 Å². The maximum absolute atomic E-state index is 13.8. The summed E-state index contributed by atoms with van der Waals surface area (Å²) in [6.07, 6.45) is 0. The van der Waals surface area contributed by atoms with E-state index in [9.17, 15) is 9.18 Å². The molecule has 2 aromatic rings. The predicted molar refractivity (Wildman–Crippen MR) is 75.6 cm³/mol. The molecular formula is C16H16FNO. The van der Waals surface area contributed by atoms with Gasteiger partial charge >= 0.3 is 0 Å². The zero-order valence-corrected chi connectivity index (χ0v) is 11.3. The first kappa shape index (κ1) is 13.3. The van der Waals surface area contributed by atoms with Gasteiger partial charge < -0.3 is 4.90 Å². The summed E-state index contributed by atoms with van der Waals surface area (Å²) in [5.74, 6) is -0.754. The zero-order chi connectivity index (χ0) is 14.0. The van der Waals surface area contributed by atoms with Gasteiger partial charge in [-0.15, -0.1) is 0 Å². The molecule has 0 aliphatic carbocycles. The van der Waals surface area contributed by atoms with Crippen LogP contribution in [0.3, 0.4) is 0 Å². The van der Waals surface area contributed by atoms with Gasteiger partial charge in [0.05, 0.1) is 11.3 Å². The molecule has 0 aliphatic heterocycles. The fourth-order valence-corrected chi connectivity index (χ4v) is 2.05. The van der Waals surface area contributed by atoms with Crippen molar-refractivity contribution < 1.29 is 9.18 Å². The van der Waals surface area contributed by atoms with E-state index in [1.165, 1.54) is 13.0 Å². The molecule has 0 fully saturated rings. The maximum Gasteiger partial charge on any atom is 0.164 e. The molecule has 2 nitrogen and oxygen atoms in total. The van der Waals surface area contributed by atoms with Gasteiger partial charge in [0.1, 0.15) is 5.82 Å². The van der Waals surface area contributed by atoms with Gasteiger partial charge in [-0.25, -0.2) is 4.39 Å². The fraction of sp³-hybridized carbons (Fsp3) is 0.188. The minimum absolute atomic E-state index is 0.130. The summed E-state index contributed by atoms with van der Waals surface area (Å²) >= 11 is 0. The van der Waals surface area contributed by atoms with Crippen LogP contribution in [0.15, 0.2) is 42.5 Å². The van der Waals surface area contributed by atoms with Crippen LogP contribution in [0.2, 0.25) is 0 Å². The normalized spacial score (nSPS) is 10.3. The molecule has 0 saturated heterocycles. The Hall–Kier alpha value is -2.16. The van der Waals surface area contributed by atoms with Gasteiger partial charge in [-0.05, 0) is 38.1 Å². The smallest absolute Gasteiger partial charge is 0.164 e. The standard InChI is InChI=1S/C16H16FNO/c1-11-7-9-13(10-8-11)18(3)15-6-4-5-14(17)16(15)12(2)19/h4-10H,1-3H3. The summed E-state index contributed by atoms with van der Waals surface area (Å²) in [7, 11) is 1.83. The number of carbonyl (C=O) groups excluding carboxylic acids is 1. The molecule has 2 aromatic carbocycles. The van der Waals surface area contributed by atoms with E-state index in [0.717, 1.165) is 11.3 Å². The average Bonchev–Trinajstić information content (AvgIpc) is 2.38. The second-order valence-electron chi connectivity index (χ2n) is 4.58. The summed E-state index contributed by atoms with van der Waals surface area (Å²) in [6, 6.07) is 12.5. The number of Topliss-reactive ketones (excluding diaryl/α,β-unsaturated/α-hetero) is 1. The number of nitrogens with zero attached hydrogens (tertiary/aromatic N) is 1. The van der Waals surface area contributed by atoms with Gasteiger partial charge in [0, 0.05) is 12.7 Å². The minimum Gasteiger partial charge on any atom is -0.344 e. The van der Waals surface area contributed by atoms with Crippen molar-refractivity contribution in [2.24, 2.45) is 0 Å². The molecule has 98 valence electrons. The molecule has 0 radical (unpaired) electrons. The lowest BCUT2D eigenvalue weighted by Gasteiger charge is -2.22. The van der Waals surface area contributed by atoms with Crippen LogP contribution in [-0.2, 0) is 0 Å². The van der Waals surface area contributed by atoms with E-state index >= 15 is 0 Å². The van der Waals surface area contributed by atoms with Crippen LogP contribution >= 0.6 is 0 Å². The third-order valence-corrected chi connectivity index (χ3v) is 3.13. The average molecular weight is 257 g/mol. The Balaban J connectivity index is 2.49. The molecule has 0 atom stereocenters. The van der Waals surface area contributed by atoms with Gasteiger partial charge in [-0.3, -0.25) is 4.79 Å². The van der Waals surface area contributed by atoms with Gasteiger partial charge in [-0.2, -0.15) is 0 Å². The van der Waals surface area contributed by atoms with Crippen molar-refractivity contribution in [3.05, 3.63) is 59.4 Å². The van der Waals surface area contributed by atoms with Crippen molar-refractivity contribution in [1.29, 1.82) is 0 Å². The van der Waals surface area contributed by atoms with Gasteiger partial charge in [0.15, 0.2) is 5.78 Å². The van der Waals surface area contributed by atoms with Gasteiger partial charge in [0.2, 0.25) is 0 Å². The Morgan fingerprint density at radius 1 is 1.11 bits per heavy atom. The maximum atomic E-state index is 13.8. The van der Waals surface area contributed by atoms with Gasteiger partial charge in [0.25, 0.3) is 0 Å². The highest BCUT2D eigenvalue weighted by Crippen LogP contribution is 2.29. The summed E-state index contributed by atoms with van der Waals surface area (Å²) < 4.78 is 13.8. The van der Waals surface area contributed by atoms with Crippen molar-refractivity contribution in [2.75, 3.05) is 11.9 Å². The lowest BCUT2D eigenvalue weighted by Crippen LogP contribution is -2.14. The molecule has 0 unspecified atom stereocenters. The molecule has 0 aliphatic rings. The number of hydrogen-bond donors (Lipinski definition) is 0. The first-order chi connectivity index (χ1) is 9.00. The summed E-state index contributed by atoms with van der Waals surface area (Å²) in [5, 5.41) is 0. The molecule has 0 amide bonds. The SMILES string of the molecule is CC(=O)c1c(F)cccc1N(C)c1ccc(C)cc1. The highest BCUT2D eigenvalue weighted by Gasteiger charge is 2.16. The fourth-order valence-electron chi connectivity index (χ4n) is 2.05. The van der Waals surface area contributed by atoms with Crippen molar-refractivity contribution in [1.82, 2.24) is 0 Å². The molecule has 0 spiro atoms. The number of halogens is 1. The van der Waals surface area contributed by atoms with Crippen LogP contribution in [-0.4, -0.2) is 12.8 Å². The third-order valence-electron chi connectivity index (χ3n) is 3.13. The highest BCUT2D eigenvalue weighted by atomic mass is 19.1. The van der Waals surface area contributed by atoms with E-state index in [4.69, 9.17) is 0 Å². The first-order valence-electron chi connectivity index (χ1n) is 6.10. The molecular weight excluding hydrogens is 241 g/mol. The Morgan fingerprint density at radius 2 is 1.74 bits per heavy atom. The Morgan fingerprint density at radius 3 is 2.32 bits per heavy atom. The Kier molecular flexibility index (Phi) is 3.65. The number of hydrogen-bond acceptors (Lipinski definition) is 2. The lowest BCUT2D eigenvalue weighted by molar-refractivity contribution is 0.101. The molecule has 0 aromatic heterocycles. The number of ketones is 1. The summed E-state index contributed by atoms with van der Waals surface area (Å²) in [4.78, 5) is 13.4. The van der Waals surface area contributed by atoms with Crippen LogP contribution in [0.25, 0.3) is 0 Å². The zero-order valence-electron chi connectivity index (χ0n) is 11.3. The predicted octanol–water partition coefficient (Wildman–Crippen LogP) is 4.10. The van der Waals surface area contributed by atoms with Crippen LogP contribution in [0.5, 0.6) is 0 Å². The molecule has 2 rings (SSSR count). The summed E-state index contributed by atoms with van der Waals surface area (Å²) in [6.45, 7) is 3.39. The van der Waals surface area contributed by atoms with E-state index < -0.39 is 5.82 Å². The number of anilines is 2. The van der Waals surface area contributed by atoms with Crippen LogP contribution in [0.4, 0.5) is 15.8 Å². The quantitative estimate of drug-likeness (QED) is 0.771. The van der Waals surface area contributed by atoms with E-state index in [0.29, 0.717) is 5.69 Å². The van der Waals surface area contributed by atoms with Crippen molar-refractivity contribution >= 4 is 17.2 Å². The molecule has 0 N–H and O–H groups in total.